The topological polar surface area (TPSA) is 43.1 Å². The highest BCUT2D eigenvalue weighted by Gasteiger charge is 2.30. The Morgan fingerprint density at radius 3 is 2.47 bits per heavy atom. The highest BCUT2D eigenvalue weighted by Crippen LogP contribution is 2.30. The highest BCUT2D eigenvalue weighted by atomic mass is 19.4. The monoisotopic (exact) mass is 215 g/mol. The van der Waals surface area contributed by atoms with Crippen LogP contribution in [-0.4, -0.2) is 6.29 Å². The number of benzene rings is 1. The van der Waals surface area contributed by atoms with Gasteiger partial charge in [0.2, 0.25) is 0 Å². The Morgan fingerprint density at radius 2 is 2.00 bits per heavy atom. The molecule has 2 N–H and O–H groups in total. The van der Waals surface area contributed by atoms with E-state index in [1.165, 1.54) is 12.1 Å². The minimum absolute atomic E-state index is 0.0288. The summed E-state index contributed by atoms with van der Waals surface area (Å²) >= 11 is 0. The van der Waals surface area contributed by atoms with E-state index in [-0.39, 0.29) is 11.1 Å². The van der Waals surface area contributed by atoms with Gasteiger partial charge in [0.05, 0.1) is 5.56 Å². The predicted octanol–water partition coefficient (Wildman–Crippen LogP) is 2.20. The molecule has 0 unspecified atom stereocenters. The molecule has 5 heteroatoms. The van der Waals surface area contributed by atoms with Gasteiger partial charge < -0.3 is 5.73 Å². The molecule has 0 heterocycles. The summed E-state index contributed by atoms with van der Waals surface area (Å²) in [5.74, 6) is 0. The van der Waals surface area contributed by atoms with E-state index < -0.39 is 11.7 Å². The van der Waals surface area contributed by atoms with E-state index >= 15 is 0 Å². The molecule has 0 aliphatic carbocycles. The van der Waals surface area contributed by atoms with Crippen LogP contribution in [0.3, 0.4) is 0 Å². The zero-order valence-corrected chi connectivity index (χ0v) is 7.58. The summed E-state index contributed by atoms with van der Waals surface area (Å²) < 4.78 is 36.9. The van der Waals surface area contributed by atoms with Gasteiger partial charge in [0.15, 0.2) is 6.29 Å². The first kappa shape index (κ1) is 11.3. The van der Waals surface area contributed by atoms with Gasteiger partial charge in [-0.3, -0.25) is 4.79 Å². The molecule has 1 aromatic carbocycles. The first-order valence-corrected chi connectivity index (χ1v) is 4.03. The number of hydrogen-bond acceptors (Lipinski definition) is 2. The third-order valence-electron chi connectivity index (χ3n) is 1.83. The number of alkyl halides is 3. The predicted molar refractivity (Wildman–Crippen MR) is 49.7 cm³/mol. The molecule has 1 rings (SSSR count). The van der Waals surface area contributed by atoms with Crippen LogP contribution in [0, 0.1) is 0 Å². The molecule has 80 valence electrons. The third kappa shape index (κ3) is 2.59. The highest BCUT2D eigenvalue weighted by molar-refractivity contribution is 6.06. The van der Waals surface area contributed by atoms with E-state index in [1.807, 2.05) is 0 Å². The smallest absolute Gasteiger partial charge is 0.404 e. The molecule has 0 saturated heterocycles. The van der Waals surface area contributed by atoms with Crippen LogP contribution in [0.5, 0.6) is 0 Å². The van der Waals surface area contributed by atoms with Gasteiger partial charge in [0.25, 0.3) is 0 Å². The van der Waals surface area contributed by atoms with Gasteiger partial charge >= 0.3 is 6.18 Å². The molecule has 0 aliphatic rings. The second-order valence-electron chi connectivity index (χ2n) is 2.82. The van der Waals surface area contributed by atoms with Crippen LogP contribution in [0.15, 0.2) is 30.5 Å². The van der Waals surface area contributed by atoms with Gasteiger partial charge in [0, 0.05) is 11.8 Å². The van der Waals surface area contributed by atoms with Gasteiger partial charge in [-0.05, 0) is 17.7 Å². The number of nitrogens with two attached hydrogens (primary N) is 1. The maximum Gasteiger partial charge on any atom is 0.416 e. The van der Waals surface area contributed by atoms with Crippen molar-refractivity contribution in [3.05, 3.63) is 41.6 Å². The van der Waals surface area contributed by atoms with Crippen LogP contribution < -0.4 is 5.73 Å². The number of aldehydes is 1. The normalized spacial score (nSPS) is 12.6. The Kier molecular flexibility index (Phi) is 3.14. The Bertz CT molecular complexity index is 396. The third-order valence-corrected chi connectivity index (χ3v) is 1.83. The molecule has 0 fully saturated rings. The number of allylic oxidation sites excluding steroid dienone is 1. The summed E-state index contributed by atoms with van der Waals surface area (Å²) in [6.45, 7) is 0. The Labute approximate surface area is 84.2 Å². The van der Waals surface area contributed by atoms with Gasteiger partial charge in [-0.2, -0.15) is 13.2 Å². The molecule has 0 aromatic heterocycles. The fraction of sp³-hybridized carbons (Fsp3) is 0.100. The number of carbonyl (C=O) groups excluding carboxylic acids is 1. The lowest BCUT2D eigenvalue weighted by Crippen LogP contribution is -2.05. The summed E-state index contributed by atoms with van der Waals surface area (Å²) in [7, 11) is 0. The van der Waals surface area contributed by atoms with E-state index in [4.69, 9.17) is 5.73 Å². The van der Waals surface area contributed by atoms with Crippen LogP contribution in [-0.2, 0) is 11.0 Å². The van der Waals surface area contributed by atoms with Crippen LogP contribution in [0.2, 0.25) is 0 Å². The number of carbonyl (C=O) groups is 1. The molecular weight excluding hydrogens is 207 g/mol. The van der Waals surface area contributed by atoms with E-state index in [0.717, 1.165) is 18.3 Å². The standard InChI is InChI=1S/C10H8F3NO/c11-10(12,13)9-3-1-2-7(4-9)8(5-14)6-15/h1-6H,14H2/b8-5-. The molecule has 2 nitrogen and oxygen atoms in total. The molecular formula is C10H8F3NO. The molecule has 0 aliphatic heterocycles. The number of rotatable bonds is 2. The molecule has 0 spiro atoms. The van der Waals surface area contributed by atoms with E-state index in [9.17, 15) is 18.0 Å². The number of halogens is 3. The Hall–Kier alpha value is -1.78. The molecule has 0 bridgehead atoms. The van der Waals surface area contributed by atoms with Gasteiger partial charge in [-0.1, -0.05) is 12.1 Å². The average Bonchev–Trinajstić information content (AvgIpc) is 2.19. The van der Waals surface area contributed by atoms with Crippen molar-refractivity contribution < 1.29 is 18.0 Å². The van der Waals surface area contributed by atoms with E-state index in [1.54, 1.807) is 0 Å². The lowest BCUT2D eigenvalue weighted by Gasteiger charge is -2.07. The van der Waals surface area contributed by atoms with Crippen molar-refractivity contribution in [2.45, 2.75) is 6.18 Å². The van der Waals surface area contributed by atoms with Crippen molar-refractivity contribution in [3.63, 3.8) is 0 Å². The minimum Gasteiger partial charge on any atom is -0.404 e. The second kappa shape index (κ2) is 4.16. The van der Waals surface area contributed by atoms with Crippen LogP contribution >= 0.6 is 0 Å². The zero-order valence-electron chi connectivity index (χ0n) is 7.58. The second-order valence-corrected chi connectivity index (χ2v) is 2.82. The first-order valence-electron chi connectivity index (χ1n) is 4.03. The van der Waals surface area contributed by atoms with Gasteiger partial charge in [0.1, 0.15) is 0 Å². The largest absolute Gasteiger partial charge is 0.416 e. The lowest BCUT2D eigenvalue weighted by atomic mass is 10.0. The maximum atomic E-state index is 12.3. The summed E-state index contributed by atoms with van der Waals surface area (Å²) in [6, 6.07) is 4.43. The van der Waals surface area contributed by atoms with E-state index in [0.29, 0.717) is 6.29 Å². The van der Waals surface area contributed by atoms with Crippen LogP contribution in [0.4, 0.5) is 13.2 Å². The van der Waals surface area contributed by atoms with Crippen molar-refractivity contribution >= 4 is 11.9 Å². The molecule has 0 atom stereocenters. The summed E-state index contributed by atoms with van der Waals surface area (Å²) in [4.78, 5) is 10.5. The van der Waals surface area contributed by atoms with E-state index in [2.05, 4.69) is 0 Å². The van der Waals surface area contributed by atoms with Gasteiger partial charge in [-0.15, -0.1) is 0 Å². The van der Waals surface area contributed by atoms with Crippen LogP contribution in [0.25, 0.3) is 5.57 Å². The first-order chi connectivity index (χ1) is 6.99. The van der Waals surface area contributed by atoms with Crippen LogP contribution in [0.1, 0.15) is 11.1 Å². The van der Waals surface area contributed by atoms with Crippen molar-refractivity contribution in [3.8, 4) is 0 Å². The van der Waals surface area contributed by atoms with Gasteiger partial charge in [-0.25, -0.2) is 0 Å². The van der Waals surface area contributed by atoms with Crippen molar-refractivity contribution in [1.82, 2.24) is 0 Å². The molecule has 15 heavy (non-hydrogen) atoms. The van der Waals surface area contributed by atoms with Crippen molar-refractivity contribution in [1.29, 1.82) is 0 Å². The minimum atomic E-state index is -4.42. The fourth-order valence-electron chi connectivity index (χ4n) is 1.08. The quantitative estimate of drug-likeness (QED) is 0.607. The Morgan fingerprint density at radius 1 is 1.33 bits per heavy atom. The summed E-state index contributed by atoms with van der Waals surface area (Å²) in [5, 5.41) is 0. The Balaban J connectivity index is 3.19. The zero-order chi connectivity index (χ0) is 11.5. The molecule has 0 amide bonds. The summed E-state index contributed by atoms with van der Waals surface area (Å²) in [6.07, 6.45) is -3.03. The average molecular weight is 215 g/mol. The molecule has 1 aromatic rings. The van der Waals surface area contributed by atoms with Crippen molar-refractivity contribution in [2.75, 3.05) is 0 Å². The number of hydrogen-bond donors (Lipinski definition) is 1. The molecule has 0 saturated carbocycles. The summed E-state index contributed by atoms with van der Waals surface area (Å²) in [5.41, 5.74) is 4.48. The SMILES string of the molecule is N/C=C(/C=O)c1cccc(C(F)(F)F)c1. The lowest BCUT2D eigenvalue weighted by molar-refractivity contribution is -0.137. The maximum absolute atomic E-state index is 12.3. The van der Waals surface area contributed by atoms with Crippen molar-refractivity contribution in [2.24, 2.45) is 5.73 Å². The fourth-order valence-corrected chi connectivity index (χ4v) is 1.08. The molecule has 0 radical (unpaired) electrons.